The lowest BCUT2D eigenvalue weighted by atomic mass is 10.1. The molecule has 1 amide bonds. The Morgan fingerprint density at radius 1 is 1.26 bits per heavy atom. The lowest BCUT2D eigenvalue weighted by Gasteiger charge is -2.09. The molecule has 2 aromatic rings. The second-order valence-electron chi connectivity index (χ2n) is 4.01. The van der Waals surface area contributed by atoms with E-state index in [0.717, 1.165) is 5.56 Å². The molecule has 5 nitrogen and oxygen atoms in total. The van der Waals surface area contributed by atoms with Crippen LogP contribution in [0.25, 0.3) is 11.3 Å². The number of hydrogen-bond acceptors (Lipinski definition) is 4. The van der Waals surface area contributed by atoms with Crippen LogP contribution < -0.4 is 11.1 Å². The number of hydrogen-bond donors (Lipinski definition) is 3. The lowest BCUT2D eigenvalue weighted by molar-refractivity contribution is 0.0995. The van der Waals surface area contributed by atoms with Crippen LogP contribution in [0, 0.1) is 0 Å². The SMILES string of the molecule is NC(=O)c1cc(NCCO)cc(-c2ccccc2)n1. The zero-order chi connectivity index (χ0) is 13.7. The van der Waals surface area contributed by atoms with E-state index >= 15 is 0 Å². The molecule has 0 saturated heterocycles. The van der Waals surface area contributed by atoms with Crippen LogP contribution >= 0.6 is 0 Å². The molecule has 0 saturated carbocycles. The molecule has 0 aliphatic carbocycles. The van der Waals surface area contributed by atoms with E-state index in [-0.39, 0.29) is 12.3 Å². The first-order valence-corrected chi connectivity index (χ1v) is 5.93. The van der Waals surface area contributed by atoms with E-state index in [1.165, 1.54) is 0 Å². The van der Waals surface area contributed by atoms with Crippen LogP contribution in [0.4, 0.5) is 5.69 Å². The molecule has 0 aliphatic heterocycles. The molecule has 19 heavy (non-hydrogen) atoms. The standard InChI is InChI=1S/C14H15N3O2/c15-14(19)13-9-11(16-6-7-18)8-12(17-13)10-4-2-1-3-5-10/h1-5,8-9,18H,6-7H2,(H2,15,19)(H,16,17). The predicted octanol–water partition coefficient (Wildman–Crippen LogP) is 1.25. The number of aliphatic hydroxyl groups excluding tert-OH is 1. The van der Waals surface area contributed by atoms with E-state index in [1.807, 2.05) is 36.4 Å². The van der Waals surface area contributed by atoms with Gasteiger partial charge in [-0.2, -0.15) is 0 Å². The van der Waals surface area contributed by atoms with E-state index in [4.69, 9.17) is 10.8 Å². The monoisotopic (exact) mass is 257 g/mol. The minimum absolute atomic E-state index is 0.00883. The lowest BCUT2D eigenvalue weighted by Crippen LogP contribution is -2.15. The molecule has 0 fully saturated rings. The number of nitrogens with two attached hydrogens (primary N) is 1. The minimum atomic E-state index is -0.579. The van der Waals surface area contributed by atoms with E-state index < -0.39 is 5.91 Å². The fourth-order valence-corrected chi connectivity index (χ4v) is 1.72. The Morgan fingerprint density at radius 2 is 2.00 bits per heavy atom. The molecule has 0 unspecified atom stereocenters. The highest BCUT2D eigenvalue weighted by Gasteiger charge is 2.08. The molecule has 0 bridgehead atoms. The summed E-state index contributed by atoms with van der Waals surface area (Å²) in [5.41, 5.74) is 7.75. The highest BCUT2D eigenvalue weighted by atomic mass is 16.3. The van der Waals surface area contributed by atoms with Gasteiger partial charge >= 0.3 is 0 Å². The van der Waals surface area contributed by atoms with Gasteiger partial charge in [-0.3, -0.25) is 4.79 Å². The van der Waals surface area contributed by atoms with Gasteiger partial charge in [0.15, 0.2) is 0 Å². The van der Waals surface area contributed by atoms with Crippen molar-refractivity contribution in [1.82, 2.24) is 4.98 Å². The van der Waals surface area contributed by atoms with Crippen molar-refractivity contribution in [3.8, 4) is 11.3 Å². The van der Waals surface area contributed by atoms with Gasteiger partial charge in [-0.15, -0.1) is 0 Å². The number of nitrogens with zero attached hydrogens (tertiary/aromatic N) is 1. The highest BCUT2D eigenvalue weighted by molar-refractivity contribution is 5.92. The van der Waals surface area contributed by atoms with Crippen LogP contribution in [0.15, 0.2) is 42.5 Å². The molecule has 5 heteroatoms. The van der Waals surface area contributed by atoms with Crippen LogP contribution in [0.1, 0.15) is 10.5 Å². The third kappa shape index (κ3) is 3.29. The number of amides is 1. The zero-order valence-corrected chi connectivity index (χ0v) is 10.3. The Bertz CT molecular complexity index is 570. The van der Waals surface area contributed by atoms with Crippen LogP contribution in [0.5, 0.6) is 0 Å². The first-order valence-electron chi connectivity index (χ1n) is 5.93. The maximum Gasteiger partial charge on any atom is 0.267 e. The van der Waals surface area contributed by atoms with Crippen molar-refractivity contribution in [2.75, 3.05) is 18.5 Å². The second-order valence-corrected chi connectivity index (χ2v) is 4.01. The summed E-state index contributed by atoms with van der Waals surface area (Å²) >= 11 is 0. The van der Waals surface area contributed by atoms with Crippen molar-refractivity contribution in [3.63, 3.8) is 0 Å². The number of anilines is 1. The number of carbonyl (C=O) groups is 1. The third-order valence-electron chi connectivity index (χ3n) is 2.59. The molecular formula is C14H15N3O2. The summed E-state index contributed by atoms with van der Waals surface area (Å²) < 4.78 is 0. The van der Waals surface area contributed by atoms with Gasteiger partial charge in [0, 0.05) is 17.8 Å². The van der Waals surface area contributed by atoms with Gasteiger partial charge in [0.05, 0.1) is 12.3 Å². The second kappa shape index (κ2) is 5.97. The van der Waals surface area contributed by atoms with Gasteiger partial charge in [0.1, 0.15) is 5.69 Å². The van der Waals surface area contributed by atoms with Crippen LogP contribution in [-0.2, 0) is 0 Å². The number of rotatable bonds is 5. The summed E-state index contributed by atoms with van der Waals surface area (Å²) in [5.74, 6) is -0.579. The Kier molecular flexibility index (Phi) is 4.10. The number of primary amides is 1. The fraction of sp³-hybridized carbons (Fsp3) is 0.143. The number of pyridine rings is 1. The van der Waals surface area contributed by atoms with Crippen molar-refractivity contribution < 1.29 is 9.90 Å². The topological polar surface area (TPSA) is 88.2 Å². The quantitative estimate of drug-likeness (QED) is 0.752. The Morgan fingerprint density at radius 3 is 2.63 bits per heavy atom. The molecule has 1 heterocycles. The van der Waals surface area contributed by atoms with E-state index in [9.17, 15) is 4.79 Å². The molecule has 0 atom stereocenters. The Hall–Kier alpha value is -2.40. The van der Waals surface area contributed by atoms with Crippen molar-refractivity contribution in [2.45, 2.75) is 0 Å². The average Bonchev–Trinajstić information content (AvgIpc) is 2.45. The number of aliphatic hydroxyl groups is 1. The van der Waals surface area contributed by atoms with Crippen LogP contribution in [-0.4, -0.2) is 29.1 Å². The van der Waals surface area contributed by atoms with Crippen LogP contribution in [0.3, 0.4) is 0 Å². The van der Waals surface area contributed by atoms with Crippen molar-refractivity contribution >= 4 is 11.6 Å². The molecule has 0 radical (unpaired) electrons. The van der Waals surface area contributed by atoms with Crippen molar-refractivity contribution in [1.29, 1.82) is 0 Å². The third-order valence-corrected chi connectivity index (χ3v) is 2.59. The summed E-state index contributed by atoms with van der Waals surface area (Å²) in [7, 11) is 0. The van der Waals surface area contributed by atoms with E-state index in [2.05, 4.69) is 10.3 Å². The van der Waals surface area contributed by atoms with E-state index in [0.29, 0.717) is 17.9 Å². The van der Waals surface area contributed by atoms with Crippen molar-refractivity contribution in [3.05, 3.63) is 48.2 Å². The fourth-order valence-electron chi connectivity index (χ4n) is 1.72. The van der Waals surface area contributed by atoms with Crippen LogP contribution in [0.2, 0.25) is 0 Å². The Labute approximate surface area is 111 Å². The maximum atomic E-state index is 11.3. The van der Waals surface area contributed by atoms with Crippen molar-refractivity contribution in [2.24, 2.45) is 5.73 Å². The number of carbonyl (C=O) groups excluding carboxylic acids is 1. The largest absolute Gasteiger partial charge is 0.395 e. The number of aromatic nitrogens is 1. The van der Waals surface area contributed by atoms with Gasteiger partial charge in [-0.05, 0) is 12.1 Å². The normalized spacial score (nSPS) is 10.2. The molecular weight excluding hydrogens is 242 g/mol. The molecule has 0 spiro atoms. The molecule has 1 aromatic carbocycles. The maximum absolute atomic E-state index is 11.3. The molecule has 0 aliphatic rings. The van der Waals surface area contributed by atoms with Gasteiger partial charge in [0.25, 0.3) is 5.91 Å². The number of benzene rings is 1. The summed E-state index contributed by atoms with van der Waals surface area (Å²) in [4.78, 5) is 15.5. The summed E-state index contributed by atoms with van der Waals surface area (Å²) in [6, 6.07) is 12.9. The zero-order valence-electron chi connectivity index (χ0n) is 10.3. The smallest absolute Gasteiger partial charge is 0.267 e. The molecule has 98 valence electrons. The van der Waals surface area contributed by atoms with Gasteiger partial charge in [0.2, 0.25) is 0 Å². The van der Waals surface area contributed by atoms with Gasteiger partial charge < -0.3 is 16.2 Å². The first kappa shape index (κ1) is 13.0. The van der Waals surface area contributed by atoms with E-state index in [1.54, 1.807) is 6.07 Å². The molecule has 1 aromatic heterocycles. The molecule has 2 rings (SSSR count). The molecule has 4 N–H and O–H groups in total. The number of nitrogens with one attached hydrogen (secondary N) is 1. The summed E-state index contributed by atoms with van der Waals surface area (Å²) in [5, 5.41) is 11.8. The Balaban J connectivity index is 2.42. The minimum Gasteiger partial charge on any atom is -0.395 e. The van der Waals surface area contributed by atoms with Gasteiger partial charge in [-0.25, -0.2) is 4.98 Å². The summed E-state index contributed by atoms with van der Waals surface area (Å²) in [6.45, 7) is 0.408. The van der Waals surface area contributed by atoms with Gasteiger partial charge in [-0.1, -0.05) is 30.3 Å². The predicted molar refractivity (Wildman–Crippen MR) is 73.8 cm³/mol. The summed E-state index contributed by atoms with van der Waals surface area (Å²) in [6.07, 6.45) is 0. The first-order chi connectivity index (χ1) is 9.20. The average molecular weight is 257 g/mol. The highest BCUT2D eigenvalue weighted by Crippen LogP contribution is 2.21.